The molecule has 8 nitrogen and oxygen atoms in total. The summed E-state index contributed by atoms with van der Waals surface area (Å²) in [7, 11) is -0.671. The van der Waals surface area contributed by atoms with Crippen LogP contribution in [0.15, 0.2) is 66.3 Å². The predicted molar refractivity (Wildman–Crippen MR) is 144 cm³/mol. The zero-order valence-electron chi connectivity index (χ0n) is 21.5. The second-order valence-electron chi connectivity index (χ2n) is 10.3. The number of benzene rings is 2. The van der Waals surface area contributed by atoms with Crippen LogP contribution in [0.5, 0.6) is 0 Å². The molecule has 0 radical (unpaired) electrons. The fourth-order valence-electron chi connectivity index (χ4n) is 4.68. The van der Waals surface area contributed by atoms with E-state index in [-0.39, 0.29) is 25.0 Å². The fraction of sp³-hybridized carbons (Fsp3) is 0.321. The molecule has 1 aromatic heterocycles. The van der Waals surface area contributed by atoms with Gasteiger partial charge in [0.25, 0.3) is 0 Å². The van der Waals surface area contributed by atoms with Crippen molar-refractivity contribution in [3.8, 4) is 11.1 Å². The maximum Gasteiger partial charge on any atom is 0.492 e. The van der Waals surface area contributed by atoms with Crippen LogP contribution in [0.25, 0.3) is 17.2 Å². The van der Waals surface area contributed by atoms with E-state index in [0.29, 0.717) is 11.2 Å². The van der Waals surface area contributed by atoms with Crippen molar-refractivity contribution >= 4 is 25.2 Å². The second-order valence-corrected chi connectivity index (χ2v) is 10.3. The average molecular weight is 498 g/mol. The maximum absolute atomic E-state index is 12.8. The molecule has 0 spiro atoms. The fourth-order valence-corrected chi connectivity index (χ4v) is 4.68. The molecule has 1 aliphatic carbocycles. The Morgan fingerprint density at radius 3 is 2.22 bits per heavy atom. The van der Waals surface area contributed by atoms with Crippen molar-refractivity contribution in [1.29, 1.82) is 0 Å². The Labute approximate surface area is 217 Å². The molecule has 0 atom stereocenters. The van der Waals surface area contributed by atoms with Gasteiger partial charge < -0.3 is 25.1 Å². The molecule has 1 saturated heterocycles. The lowest BCUT2D eigenvalue weighted by molar-refractivity contribution is 0.00578. The quantitative estimate of drug-likeness (QED) is 0.478. The molecule has 0 unspecified atom stereocenters. The lowest BCUT2D eigenvalue weighted by atomic mass is 9.77. The summed E-state index contributed by atoms with van der Waals surface area (Å²) in [4.78, 5) is 21.0. The van der Waals surface area contributed by atoms with Gasteiger partial charge in [0.15, 0.2) is 0 Å². The van der Waals surface area contributed by atoms with Crippen LogP contribution in [0.4, 0.5) is 10.7 Å². The van der Waals surface area contributed by atoms with E-state index in [1.807, 2.05) is 52.0 Å². The van der Waals surface area contributed by atoms with Gasteiger partial charge in [0.1, 0.15) is 6.61 Å². The minimum Gasteiger partial charge on any atom is -0.449 e. The molecule has 2 heterocycles. The molecular weight excluding hydrogens is 467 g/mol. The number of alkyl carbamates (subject to hydrolysis) is 1. The van der Waals surface area contributed by atoms with E-state index >= 15 is 0 Å². The number of rotatable bonds is 6. The molecule has 3 N–H and O–H groups in total. The van der Waals surface area contributed by atoms with E-state index in [9.17, 15) is 4.79 Å². The number of ether oxygens (including phenoxy) is 1. The van der Waals surface area contributed by atoms with Crippen LogP contribution in [0, 0.1) is 0 Å². The van der Waals surface area contributed by atoms with Crippen molar-refractivity contribution in [3.05, 3.63) is 83.1 Å². The molecule has 1 amide bonds. The Hall–Kier alpha value is -3.69. The lowest BCUT2D eigenvalue weighted by Crippen LogP contribution is -2.41. The van der Waals surface area contributed by atoms with Gasteiger partial charge in [-0.3, -0.25) is 0 Å². The van der Waals surface area contributed by atoms with Crippen LogP contribution in [-0.2, 0) is 14.0 Å². The average Bonchev–Trinajstić information content (AvgIpc) is 3.29. The van der Waals surface area contributed by atoms with Gasteiger partial charge in [-0.15, -0.1) is 0 Å². The molecule has 0 saturated carbocycles. The van der Waals surface area contributed by atoms with Gasteiger partial charge in [0, 0.05) is 18.7 Å². The van der Waals surface area contributed by atoms with E-state index in [1.165, 1.54) is 11.1 Å². The number of hydrogen-bond acceptors (Lipinski definition) is 7. The molecule has 5 rings (SSSR count). The number of carbonyl (C=O) groups excluding carboxylic acids is 1. The van der Waals surface area contributed by atoms with E-state index in [2.05, 4.69) is 39.6 Å². The van der Waals surface area contributed by atoms with Gasteiger partial charge in [-0.25, -0.2) is 14.8 Å². The Morgan fingerprint density at radius 2 is 1.62 bits per heavy atom. The normalized spacial score (nSPS) is 17.8. The van der Waals surface area contributed by atoms with Gasteiger partial charge in [-0.2, -0.15) is 0 Å². The Balaban J connectivity index is 1.29. The summed E-state index contributed by atoms with van der Waals surface area (Å²) in [6.45, 7) is 8.30. The minimum absolute atomic E-state index is 0.0137. The van der Waals surface area contributed by atoms with E-state index in [0.717, 1.165) is 11.1 Å². The van der Waals surface area contributed by atoms with Crippen LogP contribution in [0.2, 0.25) is 0 Å². The molecule has 3 aromatic rings. The largest absolute Gasteiger partial charge is 0.492 e. The van der Waals surface area contributed by atoms with E-state index in [1.54, 1.807) is 18.3 Å². The number of anilines is 1. The second kappa shape index (κ2) is 9.65. The maximum atomic E-state index is 12.8. The summed E-state index contributed by atoms with van der Waals surface area (Å²) in [6, 6.07) is 18.2. The van der Waals surface area contributed by atoms with Crippen LogP contribution in [0.1, 0.15) is 50.4 Å². The smallest absolute Gasteiger partial charge is 0.449 e. The summed E-state index contributed by atoms with van der Waals surface area (Å²) in [5.41, 5.74) is 10.7. The molecule has 9 heteroatoms. The topological polar surface area (TPSA) is 109 Å². The van der Waals surface area contributed by atoms with Crippen LogP contribution >= 0.6 is 0 Å². The highest BCUT2D eigenvalue weighted by Gasteiger charge is 2.52. The number of nitrogens with one attached hydrogen (secondary N) is 1. The monoisotopic (exact) mass is 498 g/mol. The first-order chi connectivity index (χ1) is 17.6. The molecule has 0 bridgehead atoms. The van der Waals surface area contributed by atoms with Crippen LogP contribution in [-0.4, -0.2) is 47.5 Å². The molecule has 37 heavy (non-hydrogen) atoms. The zero-order valence-corrected chi connectivity index (χ0v) is 21.5. The third-order valence-electron chi connectivity index (χ3n) is 7.37. The number of nitrogens with zero attached hydrogens (tertiary/aromatic N) is 2. The third-order valence-corrected chi connectivity index (χ3v) is 7.37. The first-order valence-corrected chi connectivity index (χ1v) is 12.4. The number of carbonyl (C=O) groups is 1. The standard InChI is InChI=1S/C28H31BN4O4/c1-27(2)28(3,4)37-29(36-27)18(15-19-13-14-31-25(30)33-19)16-32-26(34)35-17-24-22-11-7-5-9-20(22)21-10-6-8-12-23(21)24/h5-15,24H,16-17H2,1-4H3,(H,32,34)(H2,30,31,33). The van der Waals surface area contributed by atoms with Crippen LogP contribution < -0.4 is 11.1 Å². The Morgan fingerprint density at radius 1 is 1.03 bits per heavy atom. The van der Waals surface area contributed by atoms with Crippen LogP contribution in [0.3, 0.4) is 0 Å². The van der Waals surface area contributed by atoms with E-state index in [4.69, 9.17) is 19.8 Å². The summed E-state index contributed by atoms with van der Waals surface area (Å²) in [5.74, 6) is 0.145. The summed E-state index contributed by atoms with van der Waals surface area (Å²) >= 11 is 0. The Bertz CT molecular complexity index is 1300. The van der Waals surface area contributed by atoms with Crippen molar-refractivity contribution in [2.75, 3.05) is 18.9 Å². The minimum atomic E-state index is -0.671. The first kappa shape index (κ1) is 25.0. The Kier molecular flexibility index (Phi) is 6.51. The van der Waals surface area contributed by atoms with Gasteiger partial charge in [0.05, 0.1) is 16.9 Å². The number of nitrogen functional groups attached to an aromatic ring is 1. The van der Waals surface area contributed by atoms with Crippen molar-refractivity contribution in [2.45, 2.75) is 44.8 Å². The van der Waals surface area contributed by atoms with Crippen molar-refractivity contribution in [1.82, 2.24) is 15.3 Å². The summed E-state index contributed by atoms with van der Waals surface area (Å²) in [6.07, 6.45) is 2.85. The van der Waals surface area contributed by atoms with Gasteiger partial charge in [-0.1, -0.05) is 48.5 Å². The highest BCUT2D eigenvalue weighted by atomic mass is 16.7. The summed E-state index contributed by atoms with van der Waals surface area (Å²) in [5, 5.41) is 2.86. The molecule has 190 valence electrons. The van der Waals surface area contributed by atoms with Crippen molar-refractivity contribution < 1.29 is 18.8 Å². The molecule has 2 aliphatic rings. The van der Waals surface area contributed by atoms with Gasteiger partial charge in [0.2, 0.25) is 5.95 Å². The van der Waals surface area contributed by atoms with Gasteiger partial charge >= 0.3 is 13.2 Å². The SMILES string of the molecule is CC1(C)OB(C(=Cc2ccnc(N)n2)CNC(=O)OCC2c3ccccc3-c3ccccc32)OC1(C)C. The molecule has 2 aromatic carbocycles. The molecular formula is C28H31BN4O4. The number of amides is 1. The third kappa shape index (κ3) is 4.97. The number of nitrogens with two attached hydrogens (primary N) is 1. The lowest BCUT2D eigenvalue weighted by Gasteiger charge is -2.32. The van der Waals surface area contributed by atoms with Gasteiger partial charge in [-0.05, 0) is 67.6 Å². The van der Waals surface area contributed by atoms with E-state index < -0.39 is 24.4 Å². The molecule has 1 aliphatic heterocycles. The highest BCUT2D eigenvalue weighted by molar-refractivity contribution is 6.56. The first-order valence-electron chi connectivity index (χ1n) is 12.4. The number of aromatic nitrogens is 2. The summed E-state index contributed by atoms with van der Waals surface area (Å²) < 4.78 is 18.1. The number of hydrogen-bond donors (Lipinski definition) is 2. The van der Waals surface area contributed by atoms with Crippen molar-refractivity contribution in [2.24, 2.45) is 0 Å². The molecule has 1 fully saturated rings. The highest BCUT2D eigenvalue weighted by Crippen LogP contribution is 2.44. The van der Waals surface area contributed by atoms with Crippen molar-refractivity contribution in [3.63, 3.8) is 0 Å². The number of fused-ring (bicyclic) bond motifs is 3. The zero-order chi connectivity index (χ0) is 26.2. The predicted octanol–water partition coefficient (Wildman–Crippen LogP) is 4.61.